The zero-order valence-corrected chi connectivity index (χ0v) is 35.1. The Morgan fingerprint density at radius 2 is 0.891 bits per heavy atom. The van der Waals surface area contributed by atoms with Gasteiger partial charge in [0.05, 0.1) is 17.0 Å². The van der Waals surface area contributed by atoms with Crippen LogP contribution in [0.2, 0.25) is 0 Å². The lowest BCUT2D eigenvalue weighted by molar-refractivity contribution is 1.10. The number of rotatable bonds is 9. The van der Waals surface area contributed by atoms with E-state index in [-0.39, 0.29) is 5.92 Å². The van der Waals surface area contributed by atoms with E-state index in [1.165, 1.54) is 44.5 Å². The standard InChI is InChI=1S/C60H43N4/c1-5-17-45(18-6-1)61(51-37-39-59-55(41-51)53-25-13-15-27-57(53)63(59)47-21-9-3-10-22-47)49-33-29-43(30-34-49)44-31-35-50(36-32-44)62(46-19-7-2-8-20-46)52-38-40-60-56(42-52)54-26-14-16-28-58(54)64(60)48-23-11-4-12-24-48/h1-42,53H/q+1. The molecule has 2 aliphatic rings. The third-order valence-corrected chi connectivity index (χ3v) is 12.7. The SMILES string of the molecule is C1=CC2=[N+](c3ccccc3)c3ccc(N(c4ccccc4)c4ccc(-c5ccc(N(c6ccccc6)c6ccc7c(c6)c6ccccc6n7-c6ccccc6)cc5)cc4)cc3C2C=C1. The van der Waals surface area contributed by atoms with Gasteiger partial charge in [-0.1, -0.05) is 133 Å². The van der Waals surface area contributed by atoms with E-state index in [1.54, 1.807) is 0 Å². The van der Waals surface area contributed by atoms with Crippen LogP contribution < -0.4 is 14.4 Å². The summed E-state index contributed by atoms with van der Waals surface area (Å²) in [4.78, 5) is 4.72. The second-order valence-electron chi connectivity index (χ2n) is 16.4. The van der Waals surface area contributed by atoms with Crippen molar-refractivity contribution in [3.8, 4) is 16.8 Å². The number of allylic oxidation sites excluding steroid dienone is 4. The molecule has 1 aliphatic heterocycles. The third-order valence-electron chi connectivity index (χ3n) is 12.7. The largest absolute Gasteiger partial charge is 0.310 e. The van der Waals surface area contributed by atoms with Gasteiger partial charge in [0, 0.05) is 80.4 Å². The maximum atomic E-state index is 2.40. The first-order chi connectivity index (χ1) is 31.8. The van der Waals surface area contributed by atoms with Crippen LogP contribution in [-0.4, -0.2) is 10.3 Å². The van der Waals surface area contributed by atoms with E-state index in [0.717, 1.165) is 50.9 Å². The normalized spacial score (nSPS) is 13.9. The van der Waals surface area contributed by atoms with Gasteiger partial charge in [-0.25, -0.2) is 0 Å². The van der Waals surface area contributed by atoms with Crippen LogP contribution in [0, 0.1) is 0 Å². The number of hydrogen-bond donors (Lipinski definition) is 0. The summed E-state index contributed by atoms with van der Waals surface area (Å²) in [6.07, 6.45) is 8.89. The van der Waals surface area contributed by atoms with Gasteiger partial charge >= 0.3 is 0 Å². The van der Waals surface area contributed by atoms with Gasteiger partial charge < -0.3 is 14.4 Å². The Balaban J connectivity index is 0.885. The van der Waals surface area contributed by atoms with E-state index in [2.05, 4.69) is 274 Å². The Morgan fingerprint density at radius 1 is 0.391 bits per heavy atom. The molecule has 64 heavy (non-hydrogen) atoms. The van der Waals surface area contributed by atoms with E-state index >= 15 is 0 Å². The highest BCUT2D eigenvalue weighted by atomic mass is 15.2. The summed E-state index contributed by atoms with van der Waals surface area (Å²) in [5.74, 6) is 0.186. The van der Waals surface area contributed by atoms with Crippen LogP contribution in [-0.2, 0) is 0 Å². The lowest BCUT2D eigenvalue weighted by Crippen LogP contribution is -2.14. The second-order valence-corrected chi connectivity index (χ2v) is 16.4. The van der Waals surface area contributed by atoms with Crippen molar-refractivity contribution < 1.29 is 0 Å². The number of benzene rings is 9. The van der Waals surface area contributed by atoms with Gasteiger partial charge in [-0.15, -0.1) is 0 Å². The van der Waals surface area contributed by atoms with E-state index in [1.807, 2.05) is 0 Å². The minimum Gasteiger partial charge on any atom is -0.310 e. The van der Waals surface area contributed by atoms with Gasteiger partial charge in [0.1, 0.15) is 0 Å². The second kappa shape index (κ2) is 15.8. The Hall–Kier alpha value is -8.47. The van der Waals surface area contributed by atoms with Crippen LogP contribution >= 0.6 is 0 Å². The van der Waals surface area contributed by atoms with Crippen LogP contribution in [0.4, 0.5) is 45.5 Å². The summed E-state index contributed by atoms with van der Waals surface area (Å²) < 4.78 is 4.77. The first kappa shape index (κ1) is 37.3. The van der Waals surface area contributed by atoms with Gasteiger partial charge in [0.25, 0.3) is 0 Å². The molecule has 1 aromatic heterocycles. The highest BCUT2D eigenvalue weighted by molar-refractivity contribution is 6.11. The van der Waals surface area contributed by atoms with Crippen molar-refractivity contribution in [1.29, 1.82) is 0 Å². The Kier molecular flexibility index (Phi) is 9.19. The van der Waals surface area contributed by atoms with Crippen molar-refractivity contribution in [1.82, 2.24) is 9.14 Å². The molecule has 1 atom stereocenters. The molecular formula is C60H43N4+. The minimum atomic E-state index is 0.186. The number of nitrogens with zero attached hydrogens (tertiary/aromatic N) is 4. The molecule has 0 bridgehead atoms. The first-order valence-electron chi connectivity index (χ1n) is 22.0. The maximum absolute atomic E-state index is 2.40. The molecule has 1 unspecified atom stereocenters. The van der Waals surface area contributed by atoms with Crippen molar-refractivity contribution in [3.63, 3.8) is 0 Å². The summed E-state index contributed by atoms with van der Waals surface area (Å²) in [6, 6.07) is 83.1. The average molecular weight is 820 g/mol. The number of hydrogen-bond acceptors (Lipinski definition) is 2. The monoisotopic (exact) mass is 819 g/mol. The molecule has 0 N–H and O–H groups in total. The fourth-order valence-electron chi connectivity index (χ4n) is 9.76. The lowest BCUT2D eigenvalue weighted by Gasteiger charge is -2.26. The Morgan fingerprint density at radius 3 is 1.53 bits per heavy atom. The molecule has 9 aromatic carbocycles. The summed E-state index contributed by atoms with van der Waals surface area (Å²) in [7, 11) is 0. The summed E-state index contributed by atoms with van der Waals surface area (Å²) >= 11 is 0. The van der Waals surface area contributed by atoms with Crippen LogP contribution in [0.15, 0.2) is 255 Å². The van der Waals surface area contributed by atoms with E-state index in [4.69, 9.17) is 0 Å². The van der Waals surface area contributed by atoms with Crippen molar-refractivity contribution in [2.45, 2.75) is 5.92 Å². The molecule has 302 valence electrons. The maximum Gasteiger partial charge on any atom is 0.215 e. The fraction of sp³-hybridized carbons (Fsp3) is 0.0167. The first-order valence-corrected chi connectivity index (χ1v) is 22.0. The molecule has 4 nitrogen and oxygen atoms in total. The zero-order valence-electron chi connectivity index (χ0n) is 35.1. The molecule has 2 heterocycles. The number of anilines is 6. The third kappa shape index (κ3) is 6.43. The van der Waals surface area contributed by atoms with Gasteiger partial charge in [0.2, 0.25) is 11.4 Å². The van der Waals surface area contributed by atoms with E-state index < -0.39 is 0 Å². The highest BCUT2D eigenvalue weighted by Crippen LogP contribution is 2.45. The molecule has 4 heteroatoms. The summed E-state index contributed by atoms with van der Waals surface area (Å²) in [5, 5.41) is 2.46. The number of para-hydroxylation sites is 5. The molecular weight excluding hydrogens is 777 g/mol. The molecule has 0 radical (unpaired) electrons. The molecule has 1 aliphatic carbocycles. The van der Waals surface area contributed by atoms with Crippen molar-refractivity contribution in [2.75, 3.05) is 9.80 Å². The smallest absolute Gasteiger partial charge is 0.215 e. The highest BCUT2D eigenvalue weighted by Gasteiger charge is 2.39. The predicted octanol–water partition coefficient (Wildman–Crippen LogP) is 15.9. The summed E-state index contributed by atoms with van der Waals surface area (Å²) in [6.45, 7) is 0. The predicted molar refractivity (Wildman–Crippen MR) is 270 cm³/mol. The molecule has 0 saturated carbocycles. The van der Waals surface area contributed by atoms with Gasteiger partial charge in [-0.3, -0.25) is 0 Å². The average Bonchev–Trinajstić information content (AvgIpc) is 3.88. The van der Waals surface area contributed by atoms with E-state index in [0.29, 0.717) is 0 Å². The van der Waals surface area contributed by atoms with Crippen LogP contribution in [0.1, 0.15) is 11.5 Å². The van der Waals surface area contributed by atoms with E-state index in [9.17, 15) is 0 Å². The Bertz CT molecular complexity index is 3400. The lowest BCUT2D eigenvalue weighted by atomic mass is 9.92. The fourth-order valence-corrected chi connectivity index (χ4v) is 9.76. The van der Waals surface area contributed by atoms with Crippen LogP contribution in [0.25, 0.3) is 38.6 Å². The van der Waals surface area contributed by atoms with Crippen LogP contribution in [0.5, 0.6) is 0 Å². The molecule has 12 rings (SSSR count). The molecule has 0 spiro atoms. The van der Waals surface area contributed by atoms with Gasteiger partial charge in [-0.05, 0) is 108 Å². The number of fused-ring (bicyclic) bond motifs is 6. The number of aromatic nitrogens is 1. The quantitative estimate of drug-likeness (QED) is 0.135. The molecule has 0 saturated heterocycles. The Labute approximate surface area is 373 Å². The van der Waals surface area contributed by atoms with Gasteiger partial charge in [0.15, 0.2) is 5.71 Å². The summed E-state index contributed by atoms with van der Waals surface area (Å²) in [5.41, 5.74) is 17.5. The van der Waals surface area contributed by atoms with Crippen molar-refractivity contribution >= 4 is 73.0 Å². The zero-order chi connectivity index (χ0) is 42.4. The van der Waals surface area contributed by atoms with Crippen molar-refractivity contribution in [3.05, 3.63) is 260 Å². The molecule has 0 fully saturated rings. The van der Waals surface area contributed by atoms with Crippen molar-refractivity contribution in [2.24, 2.45) is 0 Å². The minimum absolute atomic E-state index is 0.186. The molecule has 10 aromatic rings. The molecule has 0 amide bonds. The topological polar surface area (TPSA) is 14.4 Å². The van der Waals surface area contributed by atoms with Crippen LogP contribution in [0.3, 0.4) is 0 Å². The van der Waals surface area contributed by atoms with Gasteiger partial charge in [-0.2, -0.15) is 4.58 Å².